The smallest absolute Gasteiger partial charge is 0.261 e. The molecule has 0 spiro atoms. The number of halogens is 2. The lowest BCUT2D eigenvalue weighted by molar-refractivity contribution is -0.142. The number of hydrogen-bond acceptors (Lipinski definition) is 3. The first-order chi connectivity index (χ1) is 13.8. The molecule has 0 heterocycles. The Hall–Kier alpha value is -1.61. The highest BCUT2D eigenvalue weighted by Crippen LogP contribution is 2.16. The molecule has 0 bridgehead atoms. The molecule has 2 rings (SSSR count). The maximum absolute atomic E-state index is 12.9. The molecule has 0 aliphatic heterocycles. The molecule has 156 valence electrons. The number of benzene rings is 2. The molecule has 5 nitrogen and oxygen atoms in total. The molecule has 0 saturated carbocycles. The van der Waals surface area contributed by atoms with E-state index in [1.165, 1.54) is 0 Å². The summed E-state index contributed by atoms with van der Waals surface area (Å²) in [6.07, 6.45) is 0. The zero-order valence-electron chi connectivity index (χ0n) is 16.8. The van der Waals surface area contributed by atoms with E-state index in [9.17, 15) is 9.59 Å². The summed E-state index contributed by atoms with van der Waals surface area (Å²) in [6.45, 7) is 6.59. The highest BCUT2D eigenvalue weighted by atomic mass is 127. The van der Waals surface area contributed by atoms with Gasteiger partial charge in [-0.1, -0.05) is 41.9 Å². The minimum Gasteiger partial charge on any atom is -0.484 e. The second kappa shape index (κ2) is 11.5. The van der Waals surface area contributed by atoms with Crippen LogP contribution in [0.15, 0.2) is 53.0 Å². The fourth-order valence-corrected chi connectivity index (χ4v) is 3.20. The van der Waals surface area contributed by atoms with Gasteiger partial charge in [0.1, 0.15) is 11.8 Å². The van der Waals surface area contributed by atoms with Gasteiger partial charge in [0.2, 0.25) is 5.91 Å². The molecule has 1 atom stereocenters. The molecule has 2 amide bonds. The van der Waals surface area contributed by atoms with E-state index < -0.39 is 6.04 Å². The number of nitrogens with zero attached hydrogens (tertiary/aromatic N) is 1. The maximum atomic E-state index is 12.9. The lowest BCUT2D eigenvalue weighted by atomic mass is 10.1. The third-order valence-electron chi connectivity index (χ3n) is 4.29. The van der Waals surface area contributed by atoms with E-state index in [1.807, 2.05) is 62.4 Å². The lowest BCUT2D eigenvalue weighted by Crippen LogP contribution is -2.49. The van der Waals surface area contributed by atoms with E-state index in [-0.39, 0.29) is 18.4 Å². The summed E-state index contributed by atoms with van der Waals surface area (Å²) in [5.74, 6) is 0.558. The molecule has 0 radical (unpaired) electrons. The number of nitrogens with one attached hydrogen (secondary N) is 1. The number of carbonyl (C=O) groups is 2. The lowest BCUT2D eigenvalue weighted by Gasteiger charge is -2.29. The molecule has 0 aliphatic carbocycles. The van der Waals surface area contributed by atoms with Gasteiger partial charge in [0, 0.05) is 21.1 Å². The van der Waals surface area contributed by atoms with Crippen molar-refractivity contribution in [3.8, 4) is 5.75 Å². The van der Waals surface area contributed by atoms with Gasteiger partial charge < -0.3 is 15.0 Å². The van der Waals surface area contributed by atoms with Crippen LogP contribution in [0.4, 0.5) is 0 Å². The Balaban J connectivity index is 2.10. The Labute approximate surface area is 194 Å². The number of hydrogen-bond donors (Lipinski definition) is 1. The summed E-state index contributed by atoms with van der Waals surface area (Å²) < 4.78 is 7.71. The third-order valence-corrected chi connectivity index (χ3v) is 5.54. The van der Waals surface area contributed by atoms with Gasteiger partial charge in [-0.2, -0.15) is 0 Å². The first kappa shape index (κ1) is 23.7. The molecule has 0 unspecified atom stereocenters. The topological polar surface area (TPSA) is 58.6 Å². The van der Waals surface area contributed by atoms with Crippen LogP contribution in [0.3, 0.4) is 0 Å². The van der Waals surface area contributed by atoms with Crippen LogP contribution in [0, 0.1) is 9.49 Å². The van der Waals surface area contributed by atoms with Gasteiger partial charge >= 0.3 is 0 Å². The van der Waals surface area contributed by atoms with Crippen LogP contribution >= 0.6 is 38.5 Å². The molecular weight excluding hydrogens is 547 g/mol. The van der Waals surface area contributed by atoms with Crippen molar-refractivity contribution in [1.82, 2.24) is 10.2 Å². The number of ether oxygens (including phenoxy) is 1. The van der Waals surface area contributed by atoms with Crippen molar-refractivity contribution in [3.63, 3.8) is 0 Å². The highest BCUT2D eigenvalue weighted by molar-refractivity contribution is 14.1. The molecule has 0 aromatic heterocycles. The number of rotatable bonds is 9. The predicted octanol–water partition coefficient (Wildman–Crippen LogP) is 4.62. The average Bonchev–Trinajstić information content (AvgIpc) is 2.70. The van der Waals surface area contributed by atoms with Crippen LogP contribution in [-0.4, -0.2) is 35.9 Å². The Kier molecular flexibility index (Phi) is 9.42. The zero-order chi connectivity index (χ0) is 21.4. The normalized spacial score (nSPS) is 11.8. The largest absolute Gasteiger partial charge is 0.484 e. The molecule has 0 aliphatic rings. The van der Waals surface area contributed by atoms with Gasteiger partial charge in [-0.3, -0.25) is 9.59 Å². The second-order valence-corrected chi connectivity index (χ2v) is 9.37. The summed E-state index contributed by atoms with van der Waals surface area (Å²) >= 11 is 5.63. The van der Waals surface area contributed by atoms with Crippen LogP contribution in [0.5, 0.6) is 5.75 Å². The highest BCUT2D eigenvalue weighted by Gasteiger charge is 2.26. The average molecular weight is 573 g/mol. The van der Waals surface area contributed by atoms with Crippen molar-refractivity contribution in [2.75, 3.05) is 13.2 Å². The van der Waals surface area contributed by atoms with E-state index in [0.29, 0.717) is 24.8 Å². The van der Waals surface area contributed by atoms with E-state index in [2.05, 4.69) is 43.8 Å². The van der Waals surface area contributed by atoms with Gasteiger partial charge in [-0.15, -0.1) is 0 Å². The molecule has 1 N–H and O–H groups in total. The van der Waals surface area contributed by atoms with Crippen LogP contribution in [0.1, 0.15) is 26.3 Å². The minimum atomic E-state index is -0.606. The summed E-state index contributed by atoms with van der Waals surface area (Å²) in [6, 6.07) is 14.6. The standard InChI is InChI=1S/C22H26BrIN2O3/c1-15(2)12-25-22(28)16(3)26(13-17-4-6-18(23)7-5-17)21(27)14-29-20-10-8-19(24)9-11-20/h4-11,15-16H,12-14H2,1-3H3,(H,25,28)/t16-/m1/s1. The Bertz CT molecular complexity index is 810. The molecular formula is C22H26BrIN2O3. The van der Waals surface area contributed by atoms with Gasteiger partial charge in [-0.05, 0) is 77.4 Å². The van der Waals surface area contributed by atoms with Gasteiger partial charge in [0.05, 0.1) is 0 Å². The Morgan fingerprint density at radius 3 is 2.28 bits per heavy atom. The van der Waals surface area contributed by atoms with Gasteiger partial charge in [0.25, 0.3) is 5.91 Å². The van der Waals surface area contributed by atoms with Crippen LogP contribution in [0.25, 0.3) is 0 Å². The van der Waals surface area contributed by atoms with Crippen LogP contribution in [0.2, 0.25) is 0 Å². The van der Waals surface area contributed by atoms with E-state index in [4.69, 9.17) is 4.74 Å². The number of amides is 2. The van der Waals surface area contributed by atoms with E-state index in [0.717, 1.165) is 13.6 Å². The van der Waals surface area contributed by atoms with Gasteiger partial charge in [-0.25, -0.2) is 0 Å². The van der Waals surface area contributed by atoms with Crippen molar-refractivity contribution in [1.29, 1.82) is 0 Å². The fourth-order valence-electron chi connectivity index (χ4n) is 2.58. The molecule has 2 aromatic rings. The van der Waals surface area contributed by atoms with Crippen LogP contribution < -0.4 is 10.1 Å². The monoisotopic (exact) mass is 572 g/mol. The van der Waals surface area contributed by atoms with Crippen LogP contribution in [-0.2, 0) is 16.1 Å². The Morgan fingerprint density at radius 2 is 1.69 bits per heavy atom. The molecule has 7 heteroatoms. The molecule has 29 heavy (non-hydrogen) atoms. The maximum Gasteiger partial charge on any atom is 0.261 e. The quantitative estimate of drug-likeness (QED) is 0.446. The number of carbonyl (C=O) groups excluding carboxylic acids is 2. The van der Waals surface area contributed by atoms with Crippen molar-refractivity contribution in [2.24, 2.45) is 5.92 Å². The minimum absolute atomic E-state index is 0.126. The van der Waals surface area contributed by atoms with Gasteiger partial charge in [0.15, 0.2) is 6.61 Å². The summed E-state index contributed by atoms with van der Waals surface area (Å²) in [5.41, 5.74) is 0.944. The predicted molar refractivity (Wildman–Crippen MR) is 127 cm³/mol. The first-order valence-electron chi connectivity index (χ1n) is 9.46. The fraction of sp³-hybridized carbons (Fsp3) is 0.364. The van der Waals surface area contributed by atoms with Crippen molar-refractivity contribution in [2.45, 2.75) is 33.4 Å². The summed E-state index contributed by atoms with van der Waals surface area (Å²) in [5, 5.41) is 2.91. The SMILES string of the molecule is CC(C)CNC(=O)[C@@H](C)N(Cc1ccc(Br)cc1)C(=O)COc1ccc(I)cc1. The van der Waals surface area contributed by atoms with E-state index >= 15 is 0 Å². The molecule has 0 saturated heterocycles. The summed E-state index contributed by atoms with van der Waals surface area (Å²) in [4.78, 5) is 27.1. The second-order valence-electron chi connectivity index (χ2n) is 7.21. The summed E-state index contributed by atoms with van der Waals surface area (Å²) in [7, 11) is 0. The zero-order valence-corrected chi connectivity index (χ0v) is 20.6. The van der Waals surface area contributed by atoms with E-state index in [1.54, 1.807) is 11.8 Å². The Morgan fingerprint density at radius 1 is 1.07 bits per heavy atom. The third kappa shape index (κ3) is 7.97. The van der Waals surface area contributed by atoms with Crippen molar-refractivity contribution in [3.05, 3.63) is 62.1 Å². The first-order valence-corrected chi connectivity index (χ1v) is 11.3. The molecule has 0 fully saturated rings. The van der Waals surface area contributed by atoms with Crippen molar-refractivity contribution >= 4 is 50.3 Å². The molecule has 2 aromatic carbocycles. The van der Waals surface area contributed by atoms with Crippen molar-refractivity contribution < 1.29 is 14.3 Å².